The molecular formula is C14H25N3O2. The molecule has 1 N–H and O–H groups in total. The number of aromatic nitrogens is 2. The number of hydrogen-bond acceptors (Lipinski definition) is 3. The molecule has 0 aliphatic carbocycles. The second-order valence-corrected chi connectivity index (χ2v) is 6.39. The van der Waals surface area contributed by atoms with Crippen molar-refractivity contribution in [3.63, 3.8) is 0 Å². The summed E-state index contributed by atoms with van der Waals surface area (Å²) in [4.78, 5) is 21.4. The van der Waals surface area contributed by atoms with Crippen molar-refractivity contribution in [3.8, 4) is 0 Å². The quantitative estimate of drug-likeness (QED) is 0.895. The van der Waals surface area contributed by atoms with Gasteiger partial charge in [0.15, 0.2) is 0 Å². The number of rotatable bonds is 2. The lowest BCUT2D eigenvalue weighted by Gasteiger charge is -2.35. The maximum absolute atomic E-state index is 12.1. The molecule has 0 bridgehead atoms. The average molecular weight is 267 g/mol. The number of nitrogens with one attached hydrogen (secondary N) is 1. The van der Waals surface area contributed by atoms with Crippen LogP contribution in [0.15, 0.2) is 0 Å². The summed E-state index contributed by atoms with van der Waals surface area (Å²) in [6, 6.07) is 0. The third-order valence-corrected chi connectivity index (χ3v) is 3.21. The van der Waals surface area contributed by atoms with Crippen molar-refractivity contribution >= 4 is 6.09 Å². The highest BCUT2D eigenvalue weighted by Crippen LogP contribution is 2.26. The Bertz CT molecular complexity index is 450. The number of carbonyl (C=O) groups is 1. The van der Waals surface area contributed by atoms with Crippen LogP contribution >= 0.6 is 0 Å². The van der Waals surface area contributed by atoms with Crippen LogP contribution in [0, 0.1) is 13.8 Å². The highest BCUT2D eigenvalue weighted by molar-refractivity contribution is 5.68. The molecule has 0 radical (unpaired) electrons. The van der Waals surface area contributed by atoms with Crippen LogP contribution in [0.3, 0.4) is 0 Å². The predicted molar refractivity (Wildman–Crippen MR) is 75.1 cm³/mol. The predicted octanol–water partition coefficient (Wildman–Crippen LogP) is 3.13. The molecule has 5 nitrogen and oxygen atoms in total. The molecule has 0 aliphatic rings. The van der Waals surface area contributed by atoms with Crippen LogP contribution < -0.4 is 0 Å². The molecule has 1 aromatic heterocycles. The summed E-state index contributed by atoms with van der Waals surface area (Å²) in [6.45, 7) is 13.4. The Hall–Kier alpha value is -1.52. The van der Waals surface area contributed by atoms with Gasteiger partial charge in [0, 0.05) is 12.7 Å². The van der Waals surface area contributed by atoms with E-state index in [2.05, 4.69) is 9.97 Å². The molecule has 0 saturated heterocycles. The van der Waals surface area contributed by atoms with Crippen molar-refractivity contribution in [1.29, 1.82) is 0 Å². The van der Waals surface area contributed by atoms with Gasteiger partial charge in [-0.15, -0.1) is 0 Å². The highest BCUT2D eigenvalue weighted by Gasteiger charge is 2.35. The molecule has 0 aliphatic heterocycles. The Morgan fingerprint density at radius 2 is 1.74 bits per heavy atom. The van der Waals surface area contributed by atoms with Crippen molar-refractivity contribution < 1.29 is 9.53 Å². The van der Waals surface area contributed by atoms with E-state index in [4.69, 9.17) is 4.74 Å². The summed E-state index contributed by atoms with van der Waals surface area (Å²) in [6.07, 6.45) is -0.357. The number of H-pyrrole nitrogens is 1. The first kappa shape index (κ1) is 15.5. The van der Waals surface area contributed by atoms with Crippen molar-refractivity contribution in [2.75, 3.05) is 7.05 Å². The van der Waals surface area contributed by atoms with Crippen molar-refractivity contribution in [1.82, 2.24) is 14.9 Å². The molecule has 1 rings (SSSR count). The largest absolute Gasteiger partial charge is 0.444 e. The Labute approximate surface area is 115 Å². The van der Waals surface area contributed by atoms with Gasteiger partial charge in [0.2, 0.25) is 0 Å². The SMILES string of the molecule is Cc1nc(C(C)(C)N(C)C(=O)OC(C)(C)C)[nH]c1C. The normalized spacial score (nSPS) is 12.4. The topological polar surface area (TPSA) is 58.2 Å². The minimum Gasteiger partial charge on any atom is -0.444 e. The Balaban J connectivity index is 2.96. The van der Waals surface area contributed by atoms with Gasteiger partial charge in [0.05, 0.1) is 11.2 Å². The maximum atomic E-state index is 12.1. The summed E-state index contributed by atoms with van der Waals surface area (Å²) in [5.74, 6) is 0.760. The van der Waals surface area contributed by atoms with E-state index >= 15 is 0 Å². The monoisotopic (exact) mass is 267 g/mol. The fourth-order valence-electron chi connectivity index (χ4n) is 1.55. The number of ether oxygens (including phenoxy) is 1. The van der Waals surface area contributed by atoms with Crippen LogP contribution in [-0.4, -0.2) is 33.6 Å². The van der Waals surface area contributed by atoms with Gasteiger partial charge in [-0.05, 0) is 48.5 Å². The highest BCUT2D eigenvalue weighted by atomic mass is 16.6. The summed E-state index contributed by atoms with van der Waals surface area (Å²) in [7, 11) is 1.72. The van der Waals surface area contributed by atoms with Crippen LogP contribution in [0.5, 0.6) is 0 Å². The molecule has 0 fully saturated rings. The lowest BCUT2D eigenvalue weighted by atomic mass is 10.0. The Kier molecular flexibility index (Phi) is 3.98. The number of nitrogens with zero attached hydrogens (tertiary/aromatic N) is 2. The molecule has 0 unspecified atom stereocenters. The van der Waals surface area contributed by atoms with E-state index in [0.717, 1.165) is 17.2 Å². The van der Waals surface area contributed by atoms with E-state index in [1.807, 2.05) is 48.5 Å². The molecule has 0 atom stereocenters. The Morgan fingerprint density at radius 3 is 2.11 bits per heavy atom. The summed E-state index contributed by atoms with van der Waals surface area (Å²) < 4.78 is 5.39. The van der Waals surface area contributed by atoms with Crippen LogP contribution in [-0.2, 0) is 10.3 Å². The zero-order valence-corrected chi connectivity index (χ0v) is 13.2. The number of imidazole rings is 1. The molecule has 0 spiro atoms. The van der Waals surface area contributed by atoms with E-state index in [1.54, 1.807) is 11.9 Å². The molecule has 1 amide bonds. The molecule has 5 heteroatoms. The zero-order chi connectivity index (χ0) is 15.0. The van der Waals surface area contributed by atoms with Crippen molar-refractivity contribution in [2.24, 2.45) is 0 Å². The summed E-state index contributed by atoms with van der Waals surface area (Å²) in [5, 5.41) is 0. The van der Waals surface area contributed by atoms with E-state index in [0.29, 0.717) is 0 Å². The first-order valence-electron chi connectivity index (χ1n) is 6.45. The minimum atomic E-state index is -0.554. The van der Waals surface area contributed by atoms with Gasteiger partial charge in [0.25, 0.3) is 0 Å². The fourth-order valence-corrected chi connectivity index (χ4v) is 1.55. The van der Waals surface area contributed by atoms with Crippen LogP contribution in [0.25, 0.3) is 0 Å². The second kappa shape index (κ2) is 4.87. The molecular weight excluding hydrogens is 242 g/mol. The van der Waals surface area contributed by atoms with E-state index in [9.17, 15) is 4.79 Å². The third kappa shape index (κ3) is 3.49. The van der Waals surface area contributed by atoms with Gasteiger partial charge in [-0.1, -0.05) is 0 Å². The molecule has 19 heavy (non-hydrogen) atoms. The number of aromatic amines is 1. The van der Waals surface area contributed by atoms with Gasteiger partial charge in [0.1, 0.15) is 11.4 Å². The Morgan fingerprint density at radius 1 is 1.21 bits per heavy atom. The number of hydrogen-bond donors (Lipinski definition) is 1. The lowest BCUT2D eigenvalue weighted by molar-refractivity contribution is 0.00904. The average Bonchev–Trinajstić information content (AvgIpc) is 2.56. The van der Waals surface area contributed by atoms with Gasteiger partial charge >= 0.3 is 6.09 Å². The van der Waals surface area contributed by atoms with E-state index < -0.39 is 11.1 Å². The van der Waals surface area contributed by atoms with Gasteiger partial charge in [-0.25, -0.2) is 9.78 Å². The number of amides is 1. The molecule has 0 aromatic carbocycles. The van der Waals surface area contributed by atoms with Crippen molar-refractivity contribution in [3.05, 3.63) is 17.2 Å². The molecule has 1 heterocycles. The standard InChI is InChI=1S/C14H25N3O2/c1-9-10(2)16-11(15-9)14(6,7)17(8)12(18)19-13(3,4)5/h1-8H3,(H,15,16). The fraction of sp³-hybridized carbons (Fsp3) is 0.714. The van der Waals surface area contributed by atoms with Crippen LogP contribution in [0.2, 0.25) is 0 Å². The minimum absolute atomic E-state index is 0.357. The first-order chi connectivity index (χ1) is 8.45. The van der Waals surface area contributed by atoms with Crippen LogP contribution in [0.4, 0.5) is 4.79 Å². The van der Waals surface area contributed by atoms with E-state index in [-0.39, 0.29) is 6.09 Å². The summed E-state index contributed by atoms with van der Waals surface area (Å²) in [5.41, 5.74) is 0.902. The zero-order valence-electron chi connectivity index (χ0n) is 13.2. The summed E-state index contributed by atoms with van der Waals surface area (Å²) >= 11 is 0. The van der Waals surface area contributed by atoms with Gasteiger partial charge < -0.3 is 9.72 Å². The molecule has 108 valence electrons. The van der Waals surface area contributed by atoms with Crippen LogP contribution in [0.1, 0.15) is 51.8 Å². The second-order valence-electron chi connectivity index (χ2n) is 6.39. The van der Waals surface area contributed by atoms with Crippen molar-refractivity contribution in [2.45, 2.75) is 59.6 Å². The lowest BCUT2D eigenvalue weighted by Crippen LogP contribution is -2.45. The van der Waals surface area contributed by atoms with E-state index in [1.165, 1.54) is 0 Å². The molecule has 0 saturated carbocycles. The van der Waals surface area contributed by atoms with Gasteiger partial charge in [-0.2, -0.15) is 0 Å². The third-order valence-electron chi connectivity index (χ3n) is 3.21. The first-order valence-corrected chi connectivity index (χ1v) is 6.45. The maximum Gasteiger partial charge on any atom is 0.410 e. The molecule has 1 aromatic rings. The smallest absolute Gasteiger partial charge is 0.410 e. The van der Waals surface area contributed by atoms with Gasteiger partial charge in [-0.3, -0.25) is 4.90 Å². The number of aryl methyl sites for hydroxylation is 2. The number of carbonyl (C=O) groups excluding carboxylic acids is 1.